The lowest BCUT2D eigenvalue weighted by atomic mass is 9.96. The van der Waals surface area contributed by atoms with Gasteiger partial charge in [0, 0.05) is 26.7 Å². The van der Waals surface area contributed by atoms with Crippen molar-refractivity contribution in [3.05, 3.63) is 134 Å². The van der Waals surface area contributed by atoms with Gasteiger partial charge in [-0.05, 0) is 71.1 Å². The third-order valence-electron chi connectivity index (χ3n) is 6.62. The van der Waals surface area contributed by atoms with Gasteiger partial charge in [-0.2, -0.15) is 0 Å². The number of carbonyl (C=O) groups is 3. The maximum Gasteiger partial charge on any atom is 0.353 e. The summed E-state index contributed by atoms with van der Waals surface area (Å²) in [5.41, 5.74) is 2.48. The number of benzene rings is 4. The number of aromatic nitrogens is 1. The predicted octanol–water partition coefficient (Wildman–Crippen LogP) is 6.22. The summed E-state index contributed by atoms with van der Waals surface area (Å²) < 4.78 is 6.68. The van der Waals surface area contributed by atoms with Crippen LogP contribution in [-0.4, -0.2) is 34.6 Å². The number of nitrogens with zero attached hydrogens (tertiary/aromatic N) is 1. The predicted molar refractivity (Wildman–Crippen MR) is 160 cm³/mol. The topological polar surface area (TPSA) is 115 Å². The lowest BCUT2D eigenvalue weighted by Crippen LogP contribution is -2.28. The lowest BCUT2D eigenvalue weighted by molar-refractivity contribution is 0.0599. The van der Waals surface area contributed by atoms with Crippen LogP contribution in [0.3, 0.4) is 0 Å². The number of rotatable bonds is 7. The van der Waals surface area contributed by atoms with Crippen LogP contribution < -0.4 is 10.9 Å². The number of hydrogen-bond donors (Lipinski definition) is 2. The van der Waals surface area contributed by atoms with E-state index in [1.807, 2.05) is 30.3 Å². The highest BCUT2D eigenvalue weighted by Gasteiger charge is 2.23. The Balaban J connectivity index is 1.48. The van der Waals surface area contributed by atoms with E-state index in [1.165, 1.54) is 35.9 Å². The molecule has 204 valence electrons. The van der Waals surface area contributed by atoms with Crippen LogP contribution in [0.2, 0.25) is 0 Å². The molecule has 8 nitrogen and oxygen atoms in total. The molecule has 0 atom stereocenters. The van der Waals surface area contributed by atoms with Gasteiger partial charge in [0.1, 0.15) is 5.69 Å². The van der Waals surface area contributed by atoms with Gasteiger partial charge in [0.05, 0.1) is 19.2 Å². The number of amides is 1. The van der Waals surface area contributed by atoms with Crippen molar-refractivity contribution >= 4 is 50.2 Å². The summed E-state index contributed by atoms with van der Waals surface area (Å²) in [6, 6.07) is 27.2. The Morgan fingerprint density at radius 2 is 1.51 bits per heavy atom. The Hall–Kier alpha value is -5.02. The minimum Gasteiger partial charge on any atom is -0.477 e. The molecule has 0 saturated heterocycles. The summed E-state index contributed by atoms with van der Waals surface area (Å²) in [6.45, 7) is 0.00945. The normalized spacial score (nSPS) is 10.8. The largest absolute Gasteiger partial charge is 0.477 e. The fraction of sp³-hybridized carbons (Fsp3) is 0.0625. The SMILES string of the molecule is COC(=O)c1ccc(C(=O)Nc2ccc(Cn3c(C(=O)O)c(-c4ccccc4)c4cc(Br)ccc4c3=O)cc2)cc1. The highest BCUT2D eigenvalue weighted by Crippen LogP contribution is 2.33. The Bertz CT molecular complexity index is 1850. The molecule has 0 bridgehead atoms. The lowest BCUT2D eigenvalue weighted by Gasteiger charge is -2.18. The van der Waals surface area contributed by atoms with E-state index in [0.29, 0.717) is 44.3 Å². The molecule has 5 aromatic rings. The van der Waals surface area contributed by atoms with E-state index in [-0.39, 0.29) is 18.1 Å². The zero-order valence-electron chi connectivity index (χ0n) is 21.8. The molecule has 0 aliphatic carbocycles. The van der Waals surface area contributed by atoms with Gasteiger partial charge in [-0.25, -0.2) is 9.59 Å². The first-order chi connectivity index (χ1) is 19.8. The molecule has 1 heterocycles. The molecule has 0 unspecified atom stereocenters. The molecular formula is C32H23BrN2O6. The number of halogens is 1. The van der Waals surface area contributed by atoms with Gasteiger partial charge in [0.15, 0.2) is 0 Å². The summed E-state index contributed by atoms with van der Waals surface area (Å²) in [5.74, 6) is -2.08. The van der Waals surface area contributed by atoms with Crippen LogP contribution in [0.15, 0.2) is 106 Å². The molecule has 9 heteroatoms. The summed E-state index contributed by atoms with van der Waals surface area (Å²) in [4.78, 5) is 50.5. The number of pyridine rings is 1. The first kappa shape index (κ1) is 27.5. The van der Waals surface area contributed by atoms with Crippen molar-refractivity contribution in [1.29, 1.82) is 0 Å². The van der Waals surface area contributed by atoms with E-state index >= 15 is 0 Å². The highest BCUT2D eigenvalue weighted by atomic mass is 79.9. The fourth-order valence-electron chi connectivity index (χ4n) is 4.64. The van der Waals surface area contributed by atoms with Crippen LogP contribution in [0, 0.1) is 0 Å². The molecule has 2 N–H and O–H groups in total. The summed E-state index contributed by atoms with van der Waals surface area (Å²) in [5, 5.41) is 14.0. The Morgan fingerprint density at radius 1 is 0.854 bits per heavy atom. The number of carboxylic acids is 1. The van der Waals surface area contributed by atoms with E-state index in [4.69, 9.17) is 0 Å². The van der Waals surface area contributed by atoms with Gasteiger partial charge in [-0.1, -0.05) is 58.4 Å². The minimum absolute atomic E-state index is 0.00945. The van der Waals surface area contributed by atoms with Crippen molar-refractivity contribution < 1.29 is 24.2 Å². The number of aromatic carboxylic acids is 1. The highest BCUT2D eigenvalue weighted by molar-refractivity contribution is 9.10. The molecule has 0 spiro atoms. The van der Waals surface area contributed by atoms with Crippen LogP contribution >= 0.6 is 15.9 Å². The monoisotopic (exact) mass is 610 g/mol. The van der Waals surface area contributed by atoms with E-state index < -0.39 is 17.5 Å². The molecule has 1 amide bonds. The fourth-order valence-corrected chi connectivity index (χ4v) is 5.01. The molecule has 0 aliphatic rings. The van der Waals surface area contributed by atoms with Crippen LogP contribution in [0.5, 0.6) is 0 Å². The van der Waals surface area contributed by atoms with E-state index in [0.717, 1.165) is 4.47 Å². The van der Waals surface area contributed by atoms with Crippen LogP contribution in [0.1, 0.15) is 36.8 Å². The first-order valence-corrected chi connectivity index (χ1v) is 13.3. The maximum absolute atomic E-state index is 13.6. The summed E-state index contributed by atoms with van der Waals surface area (Å²) in [7, 11) is 1.28. The van der Waals surface area contributed by atoms with E-state index in [1.54, 1.807) is 42.5 Å². The Labute approximate surface area is 243 Å². The zero-order valence-corrected chi connectivity index (χ0v) is 23.3. The third kappa shape index (κ3) is 5.66. The van der Waals surface area contributed by atoms with Gasteiger partial charge in [0.25, 0.3) is 11.5 Å². The van der Waals surface area contributed by atoms with Gasteiger partial charge >= 0.3 is 11.9 Å². The van der Waals surface area contributed by atoms with Gasteiger partial charge < -0.3 is 15.2 Å². The molecule has 0 aliphatic heterocycles. The number of hydrogen-bond acceptors (Lipinski definition) is 5. The van der Waals surface area contributed by atoms with Crippen molar-refractivity contribution in [3.8, 4) is 11.1 Å². The molecule has 0 saturated carbocycles. The number of anilines is 1. The van der Waals surface area contributed by atoms with Crippen LogP contribution in [0.25, 0.3) is 21.9 Å². The van der Waals surface area contributed by atoms with Gasteiger partial charge in [-0.3, -0.25) is 14.2 Å². The molecule has 4 aromatic carbocycles. The average Bonchev–Trinajstić information content (AvgIpc) is 2.99. The van der Waals surface area contributed by atoms with Crippen molar-refractivity contribution in [2.45, 2.75) is 6.54 Å². The van der Waals surface area contributed by atoms with Crippen molar-refractivity contribution in [2.75, 3.05) is 12.4 Å². The molecule has 0 radical (unpaired) electrons. The molecule has 1 aromatic heterocycles. The second kappa shape index (κ2) is 11.6. The minimum atomic E-state index is -1.22. The number of carbonyl (C=O) groups excluding carboxylic acids is 2. The molecule has 5 rings (SSSR count). The number of carboxylic acid groups (broad SMARTS) is 1. The molecular weight excluding hydrogens is 588 g/mol. The number of ether oxygens (including phenoxy) is 1. The van der Waals surface area contributed by atoms with Crippen molar-refractivity contribution in [3.63, 3.8) is 0 Å². The first-order valence-electron chi connectivity index (χ1n) is 12.5. The number of esters is 1. The molecule has 0 fully saturated rings. The number of fused-ring (bicyclic) bond motifs is 1. The van der Waals surface area contributed by atoms with Crippen LogP contribution in [-0.2, 0) is 11.3 Å². The zero-order chi connectivity index (χ0) is 29.1. The Kier molecular flexibility index (Phi) is 7.80. The Morgan fingerprint density at radius 3 is 2.15 bits per heavy atom. The third-order valence-corrected chi connectivity index (χ3v) is 7.11. The quantitative estimate of drug-likeness (QED) is 0.212. The summed E-state index contributed by atoms with van der Waals surface area (Å²) >= 11 is 3.44. The van der Waals surface area contributed by atoms with Crippen LogP contribution in [0.4, 0.5) is 5.69 Å². The maximum atomic E-state index is 13.6. The number of methoxy groups -OCH3 is 1. The second-order valence-electron chi connectivity index (χ2n) is 9.20. The van der Waals surface area contributed by atoms with Gasteiger partial charge in [-0.15, -0.1) is 0 Å². The number of nitrogens with one attached hydrogen (secondary N) is 1. The van der Waals surface area contributed by atoms with Crippen molar-refractivity contribution in [1.82, 2.24) is 4.57 Å². The standard InChI is InChI=1S/C32H23BrN2O6/c1-41-32(40)22-11-9-21(10-12-22)29(36)34-24-14-7-19(8-15-24)18-35-28(31(38)39)27(20-5-3-2-4-6-20)26-17-23(33)13-16-25(26)30(35)37/h2-17H,18H2,1H3,(H,34,36)(H,38,39). The van der Waals surface area contributed by atoms with Crippen molar-refractivity contribution in [2.24, 2.45) is 0 Å². The average molecular weight is 611 g/mol. The van der Waals surface area contributed by atoms with E-state index in [2.05, 4.69) is 26.0 Å². The second-order valence-corrected chi connectivity index (χ2v) is 10.1. The van der Waals surface area contributed by atoms with E-state index in [9.17, 15) is 24.3 Å². The summed E-state index contributed by atoms with van der Waals surface area (Å²) in [6.07, 6.45) is 0. The smallest absolute Gasteiger partial charge is 0.353 e. The van der Waals surface area contributed by atoms with Gasteiger partial charge in [0.2, 0.25) is 0 Å². The molecule has 41 heavy (non-hydrogen) atoms.